The number of thioether (sulfide) groups is 1. The van der Waals surface area contributed by atoms with E-state index < -0.39 is 0 Å². The topological polar surface area (TPSA) is 66.0 Å². The smallest absolute Gasteiger partial charge is 0.191 e. The molecule has 0 radical (unpaired) electrons. The first-order valence-corrected chi connectivity index (χ1v) is 7.19. The van der Waals surface area contributed by atoms with Gasteiger partial charge in [-0.15, -0.1) is 10.2 Å². The van der Waals surface area contributed by atoms with Crippen molar-refractivity contribution < 1.29 is 9.13 Å². The predicted octanol–water partition coefficient (Wildman–Crippen LogP) is 1.99. The van der Waals surface area contributed by atoms with Crippen LogP contribution in [0, 0.1) is 12.7 Å². The minimum atomic E-state index is -0.356. The van der Waals surface area contributed by atoms with Crippen LogP contribution in [0.1, 0.15) is 11.4 Å². The van der Waals surface area contributed by atoms with Crippen LogP contribution in [0.4, 0.5) is 4.39 Å². The molecule has 2 aromatic rings. The summed E-state index contributed by atoms with van der Waals surface area (Å²) in [4.78, 5) is 0. The van der Waals surface area contributed by atoms with Crippen molar-refractivity contribution in [2.75, 3.05) is 13.7 Å². The maximum absolute atomic E-state index is 13.6. The van der Waals surface area contributed by atoms with Gasteiger partial charge in [-0.1, -0.05) is 17.8 Å². The molecule has 0 aliphatic heterocycles. The van der Waals surface area contributed by atoms with E-state index in [0.717, 1.165) is 16.5 Å². The van der Waals surface area contributed by atoms with Gasteiger partial charge in [-0.05, 0) is 24.6 Å². The molecule has 0 spiro atoms. The van der Waals surface area contributed by atoms with Crippen LogP contribution in [-0.4, -0.2) is 28.4 Å². The van der Waals surface area contributed by atoms with Gasteiger partial charge < -0.3 is 15.0 Å². The number of aryl methyl sites for hydroxylation is 1. The predicted molar refractivity (Wildman–Crippen MR) is 76.3 cm³/mol. The Morgan fingerprint density at radius 1 is 1.40 bits per heavy atom. The highest BCUT2D eigenvalue weighted by Crippen LogP contribution is 2.24. The van der Waals surface area contributed by atoms with E-state index in [1.165, 1.54) is 24.9 Å². The van der Waals surface area contributed by atoms with Crippen molar-refractivity contribution >= 4 is 11.8 Å². The average Bonchev–Trinajstić information content (AvgIpc) is 2.78. The van der Waals surface area contributed by atoms with E-state index in [2.05, 4.69) is 10.2 Å². The molecule has 0 amide bonds. The van der Waals surface area contributed by atoms with Gasteiger partial charge >= 0.3 is 0 Å². The summed E-state index contributed by atoms with van der Waals surface area (Å²) < 4.78 is 20.5. The van der Waals surface area contributed by atoms with Gasteiger partial charge in [0, 0.05) is 18.8 Å². The first kappa shape index (κ1) is 14.8. The second kappa shape index (κ2) is 6.71. The third-order valence-electron chi connectivity index (χ3n) is 2.84. The molecule has 1 aromatic heterocycles. The van der Waals surface area contributed by atoms with Gasteiger partial charge in [0.1, 0.15) is 5.82 Å². The zero-order valence-corrected chi connectivity index (χ0v) is 12.3. The van der Waals surface area contributed by atoms with Crippen LogP contribution in [0.5, 0.6) is 5.75 Å². The standard InChI is InChI=1S/C13H17FN4OS/c1-9-16-17-13(18(9)6-5-15)20-8-10-3-4-12(19-2)11(14)7-10/h3-4,7H,5-6,8,15H2,1-2H3. The lowest BCUT2D eigenvalue weighted by molar-refractivity contribution is 0.386. The minimum absolute atomic E-state index is 0.251. The fraction of sp³-hybridized carbons (Fsp3) is 0.385. The summed E-state index contributed by atoms with van der Waals surface area (Å²) in [6.07, 6.45) is 0. The molecule has 0 saturated heterocycles. The Hall–Kier alpha value is -1.60. The van der Waals surface area contributed by atoms with Gasteiger partial charge in [0.05, 0.1) is 7.11 Å². The Morgan fingerprint density at radius 3 is 2.85 bits per heavy atom. The molecule has 0 aliphatic carbocycles. The SMILES string of the molecule is COc1ccc(CSc2nnc(C)n2CCN)cc1F. The molecule has 0 aliphatic rings. The number of aromatic nitrogens is 3. The summed E-state index contributed by atoms with van der Waals surface area (Å²) in [7, 11) is 1.45. The molecule has 0 fully saturated rings. The molecular weight excluding hydrogens is 279 g/mol. The molecule has 0 unspecified atom stereocenters. The van der Waals surface area contributed by atoms with Crippen LogP contribution in [0.25, 0.3) is 0 Å². The Bertz CT molecular complexity index is 588. The van der Waals surface area contributed by atoms with Crippen molar-refractivity contribution in [3.8, 4) is 5.75 Å². The van der Waals surface area contributed by atoms with E-state index in [9.17, 15) is 4.39 Å². The largest absolute Gasteiger partial charge is 0.494 e. The highest BCUT2D eigenvalue weighted by molar-refractivity contribution is 7.98. The summed E-state index contributed by atoms with van der Waals surface area (Å²) in [5.74, 6) is 1.34. The molecule has 1 aromatic carbocycles. The molecule has 0 atom stereocenters. The van der Waals surface area contributed by atoms with Crippen molar-refractivity contribution in [3.05, 3.63) is 35.4 Å². The molecule has 7 heteroatoms. The summed E-state index contributed by atoms with van der Waals surface area (Å²) >= 11 is 1.51. The lowest BCUT2D eigenvalue weighted by atomic mass is 10.2. The summed E-state index contributed by atoms with van der Waals surface area (Å²) in [6.45, 7) is 3.10. The zero-order valence-electron chi connectivity index (χ0n) is 11.5. The number of nitrogens with zero attached hydrogens (tertiary/aromatic N) is 3. The van der Waals surface area contributed by atoms with E-state index in [4.69, 9.17) is 10.5 Å². The first-order valence-electron chi connectivity index (χ1n) is 6.20. The Balaban J connectivity index is 2.07. The van der Waals surface area contributed by atoms with Crippen LogP contribution in [-0.2, 0) is 12.3 Å². The van der Waals surface area contributed by atoms with Gasteiger partial charge in [-0.2, -0.15) is 0 Å². The number of halogens is 1. The number of nitrogens with two attached hydrogens (primary N) is 1. The number of methoxy groups -OCH3 is 1. The second-order valence-corrected chi connectivity index (χ2v) is 5.17. The van der Waals surface area contributed by atoms with E-state index in [0.29, 0.717) is 18.8 Å². The Labute approximate surface area is 121 Å². The van der Waals surface area contributed by atoms with Gasteiger partial charge in [-0.25, -0.2) is 4.39 Å². The molecular formula is C13H17FN4OS. The number of benzene rings is 1. The van der Waals surface area contributed by atoms with Gasteiger partial charge in [0.25, 0.3) is 0 Å². The third-order valence-corrected chi connectivity index (χ3v) is 3.88. The monoisotopic (exact) mass is 296 g/mol. The molecule has 20 heavy (non-hydrogen) atoms. The van der Waals surface area contributed by atoms with Crippen LogP contribution >= 0.6 is 11.8 Å². The van der Waals surface area contributed by atoms with Crippen LogP contribution in [0.2, 0.25) is 0 Å². The summed E-state index contributed by atoms with van der Waals surface area (Å²) in [5, 5.41) is 8.94. The molecule has 0 saturated carbocycles. The average molecular weight is 296 g/mol. The molecule has 108 valence electrons. The molecule has 1 heterocycles. The van der Waals surface area contributed by atoms with Crippen LogP contribution in [0.3, 0.4) is 0 Å². The lowest BCUT2D eigenvalue weighted by Crippen LogP contribution is -2.12. The van der Waals surface area contributed by atoms with Gasteiger partial charge in [0.15, 0.2) is 16.7 Å². The van der Waals surface area contributed by atoms with E-state index in [1.54, 1.807) is 6.07 Å². The second-order valence-electron chi connectivity index (χ2n) is 4.23. The van der Waals surface area contributed by atoms with Gasteiger partial charge in [0.2, 0.25) is 0 Å². The van der Waals surface area contributed by atoms with Crippen molar-refractivity contribution in [1.29, 1.82) is 0 Å². The maximum atomic E-state index is 13.6. The number of rotatable bonds is 6. The van der Waals surface area contributed by atoms with Crippen molar-refractivity contribution in [3.63, 3.8) is 0 Å². The molecule has 0 bridgehead atoms. The van der Waals surface area contributed by atoms with Gasteiger partial charge in [-0.3, -0.25) is 0 Å². The normalized spacial score (nSPS) is 10.8. The maximum Gasteiger partial charge on any atom is 0.191 e. The quantitative estimate of drug-likeness (QED) is 0.826. The fourth-order valence-corrected chi connectivity index (χ4v) is 2.76. The minimum Gasteiger partial charge on any atom is -0.494 e. The highest BCUT2D eigenvalue weighted by atomic mass is 32.2. The van der Waals surface area contributed by atoms with E-state index >= 15 is 0 Å². The number of hydrogen-bond donors (Lipinski definition) is 1. The van der Waals surface area contributed by atoms with Crippen LogP contribution < -0.4 is 10.5 Å². The molecule has 5 nitrogen and oxygen atoms in total. The first-order chi connectivity index (χ1) is 9.65. The summed E-state index contributed by atoms with van der Waals surface area (Å²) in [6, 6.07) is 4.94. The number of hydrogen-bond acceptors (Lipinski definition) is 5. The van der Waals surface area contributed by atoms with Crippen molar-refractivity contribution in [2.45, 2.75) is 24.4 Å². The zero-order chi connectivity index (χ0) is 14.5. The lowest BCUT2D eigenvalue weighted by Gasteiger charge is -2.07. The number of ether oxygens (including phenoxy) is 1. The summed E-state index contributed by atoms with van der Waals surface area (Å²) in [5.41, 5.74) is 6.44. The Kier molecular flexibility index (Phi) is 4.97. The van der Waals surface area contributed by atoms with Crippen molar-refractivity contribution in [1.82, 2.24) is 14.8 Å². The molecule has 2 rings (SSSR count). The highest BCUT2D eigenvalue weighted by Gasteiger charge is 2.10. The van der Waals surface area contributed by atoms with E-state index in [-0.39, 0.29) is 11.6 Å². The fourth-order valence-electron chi connectivity index (χ4n) is 1.80. The molecule has 2 N–H and O–H groups in total. The van der Waals surface area contributed by atoms with E-state index in [1.807, 2.05) is 17.6 Å². The van der Waals surface area contributed by atoms with Crippen molar-refractivity contribution in [2.24, 2.45) is 5.73 Å². The Morgan fingerprint density at radius 2 is 2.20 bits per heavy atom. The third kappa shape index (κ3) is 3.29. The van der Waals surface area contributed by atoms with Crippen LogP contribution in [0.15, 0.2) is 23.4 Å².